The molecule has 2 fully saturated rings. The van der Waals surface area contributed by atoms with Crippen LogP contribution < -0.4 is 5.32 Å². The number of nitriles is 1. The summed E-state index contributed by atoms with van der Waals surface area (Å²) in [6, 6.07) is 3.28. The second kappa shape index (κ2) is 5.37. The molecule has 1 N–H and O–H groups in total. The van der Waals surface area contributed by atoms with E-state index in [-0.39, 0.29) is 5.54 Å². The first-order chi connectivity index (χ1) is 8.25. The molecule has 17 heavy (non-hydrogen) atoms. The van der Waals surface area contributed by atoms with Gasteiger partial charge in [-0.3, -0.25) is 4.90 Å². The molecule has 0 radical (unpaired) electrons. The maximum atomic E-state index is 9.54. The number of hydrogen-bond acceptors (Lipinski definition) is 3. The van der Waals surface area contributed by atoms with Crippen LogP contribution in [0.1, 0.15) is 45.4 Å². The number of likely N-dealkylation sites (N-methyl/N-ethyl adjacent to an activating group) is 2. The second-order valence-corrected chi connectivity index (χ2v) is 5.61. The first kappa shape index (κ1) is 12.9. The van der Waals surface area contributed by atoms with Gasteiger partial charge in [-0.1, -0.05) is 19.8 Å². The maximum absolute atomic E-state index is 9.54. The zero-order valence-electron chi connectivity index (χ0n) is 11.2. The summed E-state index contributed by atoms with van der Waals surface area (Å²) in [5, 5.41) is 12.8. The molecule has 0 amide bonds. The second-order valence-electron chi connectivity index (χ2n) is 5.61. The average Bonchev–Trinajstić information content (AvgIpc) is 3.08. The van der Waals surface area contributed by atoms with Crippen molar-refractivity contribution in [1.29, 1.82) is 5.26 Å². The molecule has 0 heterocycles. The highest BCUT2D eigenvalue weighted by Crippen LogP contribution is 2.40. The molecule has 0 aromatic rings. The van der Waals surface area contributed by atoms with Crippen molar-refractivity contribution < 1.29 is 0 Å². The predicted octanol–water partition coefficient (Wildman–Crippen LogP) is 2.14. The third-order valence-corrected chi connectivity index (χ3v) is 4.62. The lowest BCUT2D eigenvalue weighted by atomic mass is 9.93. The minimum atomic E-state index is -0.293. The molecule has 3 nitrogen and oxygen atoms in total. The number of rotatable bonds is 6. The van der Waals surface area contributed by atoms with Gasteiger partial charge in [-0.25, -0.2) is 0 Å². The van der Waals surface area contributed by atoms with Gasteiger partial charge in [-0.2, -0.15) is 5.26 Å². The van der Waals surface area contributed by atoms with Gasteiger partial charge >= 0.3 is 0 Å². The van der Waals surface area contributed by atoms with Crippen LogP contribution in [0.5, 0.6) is 0 Å². The summed E-state index contributed by atoms with van der Waals surface area (Å²) >= 11 is 0. The van der Waals surface area contributed by atoms with Crippen molar-refractivity contribution in [3.8, 4) is 6.07 Å². The summed E-state index contributed by atoms with van der Waals surface area (Å²) in [5.74, 6) is 0.577. The molecular weight excluding hydrogens is 210 g/mol. The number of hydrogen-bond donors (Lipinski definition) is 1. The average molecular weight is 235 g/mol. The zero-order chi connectivity index (χ0) is 12.3. The number of nitrogens with zero attached hydrogens (tertiary/aromatic N) is 2. The van der Waals surface area contributed by atoms with Crippen LogP contribution >= 0.6 is 0 Å². The highest BCUT2D eigenvalue weighted by molar-refractivity contribution is 5.16. The van der Waals surface area contributed by atoms with Crippen LogP contribution in [0.2, 0.25) is 0 Å². The number of nitrogens with one attached hydrogen (secondary N) is 1. The van der Waals surface area contributed by atoms with Crippen molar-refractivity contribution in [3.05, 3.63) is 0 Å². The van der Waals surface area contributed by atoms with Crippen molar-refractivity contribution in [3.63, 3.8) is 0 Å². The van der Waals surface area contributed by atoms with E-state index in [2.05, 4.69) is 23.2 Å². The van der Waals surface area contributed by atoms with E-state index in [1.54, 1.807) is 0 Å². The van der Waals surface area contributed by atoms with Gasteiger partial charge in [0.1, 0.15) is 5.54 Å². The molecule has 3 heteroatoms. The normalized spacial score (nSPS) is 24.8. The molecule has 0 saturated heterocycles. The van der Waals surface area contributed by atoms with E-state index in [9.17, 15) is 5.26 Å². The Balaban J connectivity index is 2.02. The summed E-state index contributed by atoms with van der Waals surface area (Å²) in [7, 11) is 1.95. The fourth-order valence-electron chi connectivity index (χ4n) is 3.26. The van der Waals surface area contributed by atoms with Crippen LogP contribution in [0.25, 0.3) is 0 Å². The largest absolute Gasteiger partial charge is 0.301 e. The molecule has 0 aliphatic heterocycles. The lowest BCUT2D eigenvalue weighted by Gasteiger charge is -2.36. The molecule has 96 valence electrons. The Kier molecular flexibility index (Phi) is 4.06. The topological polar surface area (TPSA) is 39.1 Å². The van der Waals surface area contributed by atoms with Gasteiger partial charge in [-0.05, 0) is 45.2 Å². The molecule has 2 aliphatic rings. The Morgan fingerprint density at radius 1 is 1.29 bits per heavy atom. The van der Waals surface area contributed by atoms with Crippen molar-refractivity contribution in [2.75, 3.05) is 20.1 Å². The summed E-state index contributed by atoms with van der Waals surface area (Å²) in [4.78, 5) is 2.53. The Morgan fingerprint density at radius 2 is 1.94 bits per heavy atom. The fraction of sp³-hybridized carbons (Fsp3) is 0.929. The van der Waals surface area contributed by atoms with E-state index in [1.807, 2.05) is 7.05 Å². The molecule has 2 saturated carbocycles. The lowest BCUT2D eigenvalue weighted by Crippen LogP contribution is -2.54. The Morgan fingerprint density at radius 3 is 2.35 bits per heavy atom. The summed E-state index contributed by atoms with van der Waals surface area (Å²) in [5.41, 5.74) is -0.293. The van der Waals surface area contributed by atoms with Crippen LogP contribution in [0.15, 0.2) is 0 Å². The quantitative estimate of drug-likeness (QED) is 0.766. The van der Waals surface area contributed by atoms with Crippen LogP contribution in [0.3, 0.4) is 0 Å². The van der Waals surface area contributed by atoms with Gasteiger partial charge in [0.15, 0.2) is 0 Å². The maximum Gasteiger partial charge on any atom is 0.122 e. The standard InChI is InChI=1S/C14H25N3/c1-3-17(13-6-4-5-7-13)11-14(10-15,16-2)12-8-9-12/h12-13,16H,3-9,11H2,1-2H3. The van der Waals surface area contributed by atoms with Gasteiger partial charge < -0.3 is 5.32 Å². The zero-order valence-corrected chi connectivity index (χ0v) is 11.2. The van der Waals surface area contributed by atoms with E-state index >= 15 is 0 Å². The van der Waals surface area contributed by atoms with Crippen LogP contribution in [0.4, 0.5) is 0 Å². The van der Waals surface area contributed by atoms with Crippen LogP contribution in [0, 0.1) is 17.2 Å². The fourth-order valence-corrected chi connectivity index (χ4v) is 3.26. The van der Waals surface area contributed by atoms with E-state index in [4.69, 9.17) is 0 Å². The molecule has 0 bridgehead atoms. The van der Waals surface area contributed by atoms with Gasteiger partial charge in [0.2, 0.25) is 0 Å². The third kappa shape index (κ3) is 2.64. The van der Waals surface area contributed by atoms with Crippen molar-refractivity contribution in [2.45, 2.75) is 57.0 Å². The summed E-state index contributed by atoms with van der Waals surface area (Å²) in [6.45, 7) is 4.21. The van der Waals surface area contributed by atoms with E-state index < -0.39 is 0 Å². The third-order valence-electron chi connectivity index (χ3n) is 4.62. The monoisotopic (exact) mass is 235 g/mol. The molecular formula is C14H25N3. The van der Waals surface area contributed by atoms with Gasteiger partial charge in [0.25, 0.3) is 0 Å². The smallest absolute Gasteiger partial charge is 0.122 e. The molecule has 0 aromatic heterocycles. The first-order valence-electron chi connectivity index (χ1n) is 7.10. The lowest BCUT2D eigenvalue weighted by molar-refractivity contribution is 0.157. The SMILES string of the molecule is CCN(CC(C#N)(NC)C1CC1)C1CCCC1. The minimum Gasteiger partial charge on any atom is -0.301 e. The first-order valence-corrected chi connectivity index (χ1v) is 7.10. The molecule has 1 unspecified atom stereocenters. The Labute approximate surface area is 105 Å². The minimum absolute atomic E-state index is 0.293. The summed E-state index contributed by atoms with van der Waals surface area (Å²) < 4.78 is 0. The van der Waals surface area contributed by atoms with Gasteiger partial charge in [-0.15, -0.1) is 0 Å². The summed E-state index contributed by atoms with van der Waals surface area (Å²) in [6.07, 6.45) is 7.81. The predicted molar refractivity (Wildman–Crippen MR) is 69.6 cm³/mol. The molecule has 2 rings (SSSR count). The molecule has 1 atom stereocenters. The van der Waals surface area contributed by atoms with Crippen LogP contribution in [-0.2, 0) is 0 Å². The highest BCUT2D eigenvalue weighted by atomic mass is 15.2. The highest BCUT2D eigenvalue weighted by Gasteiger charge is 2.46. The molecule has 0 aromatic carbocycles. The Hall–Kier alpha value is -0.590. The van der Waals surface area contributed by atoms with E-state index in [0.717, 1.165) is 19.1 Å². The van der Waals surface area contributed by atoms with Crippen molar-refractivity contribution in [1.82, 2.24) is 10.2 Å². The molecule has 0 spiro atoms. The van der Waals surface area contributed by atoms with Crippen molar-refractivity contribution >= 4 is 0 Å². The van der Waals surface area contributed by atoms with Gasteiger partial charge in [0, 0.05) is 12.6 Å². The Bertz CT molecular complexity index is 286. The van der Waals surface area contributed by atoms with Crippen LogP contribution in [-0.4, -0.2) is 36.6 Å². The van der Waals surface area contributed by atoms with E-state index in [0.29, 0.717) is 5.92 Å². The van der Waals surface area contributed by atoms with Gasteiger partial charge in [0.05, 0.1) is 6.07 Å². The van der Waals surface area contributed by atoms with E-state index in [1.165, 1.54) is 38.5 Å². The molecule has 2 aliphatic carbocycles. The van der Waals surface area contributed by atoms with Crippen molar-refractivity contribution in [2.24, 2.45) is 5.92 Å².